The van der Waals surface area contributed by atoms with E-state index in [-0.39, 0.29) is 11.4 Å². The fourth-order valence-electron chi connectivity index (χ4n) is 2.16. The zero-order valence-electron chi connectivity index (χ0n) is 12.2. The summed E-state index contributed by atoms with van der Waals surface area (Å²) in [5.74, 6) is 1.12. The van der Waals surface area contributed by atoms with Crippen molar-refractivity contribution >= 4 is 21.6 Å². The Morgan fingerprint density at radius 1 is 1.17 bits per heavy atom. The minimum atomic E-state index is -3.67. The summed E-state index contributed by atoms with van der Waals surface area (Å²) >= 11 is 5.98. The van der Waals surface area contributed by atoms with Crippen LogP contribution in [-0.4, -0.2) is 8.42 Å². The van der Waals surface area contributed by atoms with E-state index in [1.807, 2.05) is 0 Å². The van der Waals surface area contributed by atoms with Gasteiger partial charge in [0.05, 0.1) is 23.3 Å². The predicted octanol–water partition coefficient (Wildman–Crippen LogP) is 3.98. The fourth-order valence-corrected chi connectivity index (χ4v) is 3.64. The molecule has 0 aliphatic rings. The Morgan fingerprint density at radius 3 is 2.74 bits per heavy atom. The van der Waals surface area contributed by atoms with E-state index in [4.69, 9.17) is 20.4 Å². The molecule has 0 spiro atoms. The Labute approximate surface area is 138 Å². The van der Waals surface area contributed by atoms with Gasteiger partial charge in [-0.05, 0) is 42.8 Å². The van der Waals surface area contributed by atoms with Gasteiger partial charge in [0.15, 0.2) is 0 Å². The average Bonchev–Trinajstić information content (AvgIpc) is 3.18. The Bertz CT molecular complexity index is 913. The van der Waals surface area contributed by atoms with E-state index >= 15 is 0 Å². The molecule has 23 heavy (non-hydrogen) atoms. The maximum atomic E-state index is 12.4. The molecule has 0 saturated carbocycles. The summed E-state index contributed by atoms with van der Waals surface area (Å²) in [7, 11) is -3.67. The molecule has 1 aromatic carbocycles. The van der Waals surface area contributed by atoms with Crippen LogP contribution < -0.4 is 4.72 Å². The lowest BCUT2D eigenvalue weighted by atomic mass is 10.2. The van der Waals surface area contributed by atoms with Gasteiger partial charge in [0, 0.05) is 5.02 Å². The van der Waals surface area contributed by atoms with Crippen LogP contribution in [0.5, 0.6) is 0 Å². The number of sulfonamides is 1. The van der Waals surface area contributed by atoms with Crippen LogP contribution >= 0.6 is 11.6 Å². The molecule has 3 aromatic rings. The van der Waals surface area contributed by atoms with Crippen LogP contribution in [0.25, 0.3) is 11.3 Å². The number of nitrogens with one attached hydrogen (secondary N) is 1. The Balaban J connectivity index is 1.76. The van der Waals surface area contributed by atoms with Crippen molar-refractivity contribution in [3.05, 3.63) is 65.3 Å². The second-order valence-electron chi connectivity index (χ2n) is 4.97. The van der Waals surface area contributed by atoms with Crippen molar-refractivity contribution in [2.75, 3.05) is 0 Å². The molecule has 0 radical (unpaired) electrons. The molecule has 0 amide bonds. The van der Waals surface area contributed by atoms with Gasteiger partial charge in [0.2, 0.25) is 10.0 Å². The summed E-state index contributed by atoms with van der Waals surface area (Å²) < 4.78 is 37.9. The number of halogens is 1. The Morgan fingerprint density at radius 2 is 2.00 bits per heavy atom. The first-order chi connectivity index (χ1) is 11.0. The first-order valence-corrected chi connectivity index (χ1v) is 8.69. The summed E-state index contributed by atoms with van der Waals surface area (Å²) in [4.78, 5) is 0.159. The summed E-state index contributed by atoms with van der Waals surface area (Å²) in [6, 6.07) is 10.0. The van der Waals surface area contributed by atoms with Gasteiger partial charge in [-0.3, -0.25) is 0 Å². The lowest BCUT2D eigenvalue weighted by Gasteiger charge is -2.09. The Kier molecular flexibility index (Phi) is 4.30. The average molecular weight is 352 g/mol. The molecule has 1 N–H and O–H groups in total. The second kappa shape index (κ2) is 6.23. The zero-order chi connectivity index (χ0) is 16.4. The van der Waals surface area contributed by atoms with Crippen LogP contribution in [0.4, 0.5) is 0 Å². The monoisotopic (exact) mass is 351 g/mol. The summed E-state index contributed by atoms with van der Waals surface area (Å²) in [6.45, 7) is 1.72. The summed E-state index contributed by atoms with van der Waals surface area (Å²) in [6.07, 6.45) is 3.10. The van der Waals surface area contributed by atoms with Gasteiger partial charge in [0.1, 0.15) is 17.8 Å². The van der Waals surface area contributed by atoms with E-state index in [0.29, 0.717) is 22.1 Å². The third kappa shape index (κ3) is 3.34. The first-order valence-electron chi connectivity index (χ1n) is 6.83. The largest absolute Gasteiger partial charge is 0.472 e. The molecule has 7 heteroatoms. The van der Waals surface area contributed by atoms with Gasteiger partial charge in [-0.1, -0.05) is 17.7 Å². The third-order valence-electron chi connectivity index (χ3n) is 3.41. The molecule has 2 heterocycles. The first kappa shape index (κ1) is 15.9. The predicted molar refractivity (Wildman–Crippen MR) is 86.6 cm³/mol. The highest BCUT2D eigenvalue weighted by Gasteiger charge is 2.18. The Hall–Kier alpha value is -2.02. The van der Waals surface area contributed by atoms with E-state index in [9.17, 15) is 8.42 Å². The molecule has 3 rings (SSSR count). The topological polar surface area (TPSA) is 72.5 Å². The van der Waals surface area contributed by atoms with Crippen LogP contribution in [0.1, 0.15) is 11.3 Å². The molecular weight excluding hydrogens is 338 g/mol. The van der Waals surface area contributed by atoms with Gasteiger partial charge in [-0.2, -0.15) is 0 Å². The zero-order valence-corrected chi connectivity index (χ0v) is 13.8. The van der Waals surface area contributed by atoms with Crippen molar-refractivity contribution < 1.29 is 17.3 Å². The minimum absolute atomic E-state index is 0.0478. The lowest BCUT2D eigenvalue weighted by Crippen LogP contribution is -2.23. The SMILES string of the molecule is Cc1c(Cl)cccc1S(=O)(=O)NCc1ccc(-c2ccoc2)o1. The van der Waals surface area contributed by atoms with E-state index in [1.54, 1.807) is 49.8 Å². The molecular formula is C16H14ClNO4S. The molecule has 0 atom stereocenters. The van der Waals surface area contributed by atoms with Crippen molar-refractivity contribution in [1.29, 1.82) is 0 Å². The lowest BCUT2D eigenvalue weighted by molar-refractivity contribution is 0.507. The third-order valence-corrected chi connectivity index (χ3v) is 5.37. The van der Waals surface area contributed by atoms with Crippen LogP contribution in [0.15, 0.2) is 62.7 Å². The van der Waals surface area contributed by atoms with E-state index in [2.05, 4.69) is 4.72 Å². The van der Waals surface area contributed by atoms with Gasteiger partial charge in [-0.15, -0.1) is 0 Å². The number of furan rings is 2. The molecule has 120 valence electrons. The van der Waals surface area contributed by atoms with E-state index in [1.165, 1.54) is 6.07 Å². The smallest absolute Gasteiger partial charge is 0.241 e. The van der Waals surface area contributed by atoms with Crippen LogP contribution in [0.3, 0.4) is 0 Å². The van der Waals surface area contributed by atoms with Crippen LogP contribution in [-0.2, 0) is 16.6 Å². The van der Waals surface area contributed by atoms with Crippen LogP contribution in [0, 0.1) is 6.92 Å². The highest BCUT2D eigenvalue weighted by Crippen LogP contribution is 2.24. The number of hydrogen-bond donors (Lipinski definition) is 1. The molecule has 2 aromatic heterocycles. The molecule has 0 saturated heterocycles. The molecule has 5 nitrogen and oxygen atoms in total. The van der Waals surface area contributed by atoms with Crippen molar-refractivity contribution in [3.8, 4) is 11.3 Å². The van der Waals surface area contributed by atoms with Crippen molar-refractivity contribution in [2.24, 2.45) is 0 Å². The van der Waals surface area contributed by atoms with Crippen LogP contribution in [0.2, 0.25) is 5.02 Å². The van der Waals surface area contributed by atoms with Gasteiger partial charge < -0.3 is 8.83 Å². The van der Waals surface area contributed by atoms with Crippen molar-refractivity contribution in [1.82, 2.24) is 4.72 Å². The van der Waals surface area contributed by atoms with Gasteiger partial charge >= 0.3 is 0 Å². The van der Waals surface area contributed by atoms with Crippen molar-refractivity contribution in [3.63, 3.8) is 0 Å². The fraction of sp³-hybridized carbons (Fsp3) is 0.125. The molecule has 0 fully saturated rings. The second-order valence-corrected chi connectivity index (χ2v) is 7.11. The van der Waals surface area contributed by atoms with Crippen molar-refractivity contribution in [2.45, 2.75) is 18.4 Å². The summed E-state index contributed by atoms with van der Waals surface area (Å²) in [5.41, 5.74) is 1.31. The molecule has 0 unspecified atom stereocenters. The van der Waals surface area contributed by atoms with Gasteiger partial charge in [0.25, 0.3) is 0 Å². The maximum Gasteiger partial charge on any atom is 0.241 e. The quantitative estimate of drug-likeness (QED) is 0.754. The highest BCUT2D eigenvalue weighted by molar-refractivity contribution is 7.89. The molecule has 0 aliphatic heterocycles. The van der Waals surface area contributed by atoms with Gasteiger partial charge in [-0.25, -0.2) is 13.1 Å². The minimum Gasteiger partial charge on any atom is -0.472 e. The molecule has 0 bridgehead atoms. The maximum absolute atomic E-state index is 12.4. The number of benzene rings is 1. The summed E-state index contributed by atoms with van der Waals surface area (Å²) in [5, 5.41) is 0.410. The van der Waals surface area contributed by atoms with E-state index < -0.39 is 10.0 Å². The number of rotatable bonds is 5. The normalized spacial score (nSPS) is 11.7. The number of hydrogen-bond acceptors (Lipinski definition) is 4. The standard InChI is InChI=1S/C16H14ClNO4S/c1-11-14(17)3-2-4-16(11)23(19,20)18-9-13-5-6-15(22-13)12-7-8-21-10-12/h2-8,10,18H,9H2,1H3. The van der Waals surface area contributed by atoms with E-state index in [0.717, 1.165) is 5.56 Å². The molecule has 0 aliphatic carbocycles. The highest BCUT2D eigenvalue weighted by atomic mass is 35.5.